The van der Waals surface area contributed by atoms with Gasteiger partial charge in [-0.25, -0.2) is 4.79 Å². The number of ether oxygens (including phenoxy) is 4. The van der Waals surface area contributed by atoms with Crippen LogP contribution in [-0.4, -0.2) is 53.5 Å². The molecule has 0 radical (unpaired) electrons. The third-order valence-corrected chi connectivity index (χ3v) is 8.80. The van der Waals surface area contributed by atoms with Crippen molar-refractivity contribution in [2.75, 3.05) is 13.2 Å². The summed E-state index contributed by atoms with van der Waals surface area (Å²) in [6, 6.07) is 19.5. The van der Waals surface area contributed by atoms with Crippen molar-refractivity contribution in [2.24, 2.45) is 0 Å². The van der Waals surface area contributed by atoms with Crippen LogP contribution in [0.4, 0.5) is 0 Å². The molecule has 0 bridgehead atoms. The molecule has 11 heteroatoms. The van der Waals surface area contributed by atoms with Crippen LogP contribution in [0.3, 0.4) is 0 Å². The highest BCUT2D eigenvalue weighted by Crippen LogP contribution is 2.40. The summed E-state index contributed by atoms with van der Waals surface area (Å²) in [5.41, 5.74) is 0.00763. The Balaban J connectivity index is 1.46. The van der Waals surface area contributed by atoms with Gasteiger partial charge in [0.1, 0.15) is 29.3 Å². The first-order chi connectivity index (χ1) is 21.8. The lowest BCUT2D eigenvalue weighted by Crippen LogP contribution is -2.21. The molecule has 3 aromatic rings. The van der Waals surface area contributed by atoms with Crippen LogP contribution in [0.1, 0.15) is 29.3 Å². The van der Waals surface area contributed by atoms with E-state index < -0.39 is 18.7 Å². The molecule has 0 aromatic heterocycles. The highest BCUT2D eigenvalue weighted by molar-refractivity contribution is 8.14. The average Bonchev–Trinajstić information content (AvgIpc) is 3.76. The zero-order valence-electron chi connectivity index (χ0n) is 24.2. The van der Waals surface area contributed by atoms with Crippen LogP contribution in [0.2, 0.25) is 5.02 Å². The second-order valence-corrected chi connectivity index (χ2v) is 12.8. The quantitative estimate of drug-likeness (QED) is 0.147. The van der Waals surface area contributed by atoms with Crippen LogP contribution < -0.4 is 9.47 Å². The maximum atomic E-state index is 13.7. The highest BCUT2D eigenvalue weighted by atomic mass is 35.5. The number of benzene rings is 3. The first-order valence-electron chi connectivity index (χ1n) is 14.1. The summed E-state index contributed by atoms with van der Waals surface area (Å²) in [6.45, 7) is 0.977. The van der Waals surface area contributed by atoms with E-state index in [2.05, 4.69) is 0 Å². The molecule has 0 saturated carbocycles. The predicted molar refractivity (Wildman–Crippen MR) is 172 cm³/mol. The number of ketones is 1. The molecule has 8 nitrogen and oxygen atoms in total. The van der Waals surface area contributed by atoms with Gasteiger partial charge in [0.05, 0.1) is 11.1 Å². The molecule has 1 saturated heterocycles. The molecule has 0 aliphatic carbocycles. The smallest absolute Gasteiger partial charge is 0.342 e. The van der Waals surface area contributed by atoms with Gasteiger partial charge in [0.25, 0.3) is 0 Å². The van der Waals surface area contributed by atoms with Crippen molar-refractivity contribution in [3.63, 3.8) is 0 Å². The zero-order chi connectivity index (χ0) is 31.8. The second kappa shape index (κ2) is 15.4. The van der Waals surface area contributed by atoms with Crippen molar-refractivity contribution < 1.29 is 38.1 Å². The summed E-state index contributed by atoms with van der Waals surface area (Å²) in [6.07, 6.45) is 5.91. The van der Waals surface area contributed by atoms with Crippen LogP contribution in [0, 0.1) is 0 Å². The van der Waals surface area contributed by atoms with Gasteiger partial charge in [-0.3, -0.25) is 14.4 Å². The molecule has 0 spiro atoms. The SMILES string of the molecule is C[C@@H]1C[C@@H]2O[C@H]2C=CC=CC(=O)Cc2c(Cl)c(OCC(=O)Sc3ccccc3)cc(OCC(=O)Sc3ccccc3)c2C(=O)O1. The molecule has 0 N–H and O–H groups in total. The number of hydrogen-bond donors (Lipinski definition) is 0. The number of carbonyl (C=O) groups excluding carboxylic acids is 4. The maximum absolute atomic E-state index is 13.7. The van der Waals surface area contributed by atoms with E-state index in [0.717, 1.165) is 33.3 Å². The fourth-order valence-electron chi connectivity index (χ4n) is 4.54. The number of rotatable bonds is 8. The molecule has 0 unspecified atom stereocenters. The number of cyclic esters (lactones) is 1. The fraction of sp³-hybridized carbons (Fsp3) is 0.235. The molecule has 2 aliphatic heterocycles. The Hall–Kier alpha value is -3.83. The largest absolute Gasteiger partial charge is 0.484 e. The molecule has 5 rings (SSSR count). The summed E-state index contributed by atoms with van der Waals surface area (Å²) >= 11 is 8.76. The number of halogens is 1. The normalized spacial score (nSPS) is 19.5. The van der Waals surface area contributed by atoms with Gasteiger partial charge in [-0.05, 0) is 60.8 Å². The van der Waals surface area contributed by atoms with Gasteiger partial charge in [-0.1, -0.05) is 66.2 Å². The number of esters is 1. The maximum Gasteiger partial charge on any atom is 0.342 e. The Bertz CT molecular complexity index is 1620. The van der Waals surface area contributed by atoms with Crippen LogP contribution in [0.5, 0.6) is 11.5 Å². The summed E-state index contributed by atoms with van der Waals surface area (Å²) in [4.78, 5) is 53.7. The third-order valence-electron chi connectivity index (χ3n) is 6.68. The molecule has 2 aliphatic rings. The topological polar surface area (TPSA) is 108 Å². The van der Waals surface area contributed by atoms with Gasteiger partial charge in [0.15, 0.2) is 19.0 Å². The molecule has 45 heavy (non-hydrogen) atoms. The molecule has 0 amide bonds. The summed E-state index contributed by atoms with van der Waals surface area (Å²) < 4.78 is 23.1. The van der Waals surface area contributed by atoms with Crippen molar-refractivity contribution in [3.05, 3.63) is 107 Å². The molecule has 3 aromatic carbocycles. The van der Waals surface area contributed by atoms with Gasteiger partial charge >= 0.3 is 5.97 Å². The van der Waals surface area contributed by atoms with Gasteiger partial charge in [0.2, 0.25) is 10.2 Å². The summed E-state index contributed by atoms with van der Waals surface area (Å²) in [7, 11) is 0. The van der Waals surface area contributed by atoms with E-state index in [0.29, 0.717) is 6.42 Å². The van der Waals surface area contributed by atoms with Gasteiger partial charge in [-0.15, -0.1) is 0 Å². The molecular formula is C34H29ClO8S2. The Morgan fingerprint density at radius 1 is 0.889 bits per heavy atom. The van der Waals surface area contributed by atoms with E-state index in [1.165, 1.54) is 12.1 Å². The molecule has 232 valence electrons. The molecule has 3 atom stereocenters. The number of allylic oxidation sites excluding steroid dienone is 3. The molecular weight excluding hydrogens is 636 g/mol. The second-order valence-electron chi connectivity index (χ2n) is 10.2. The number of thioether (sulfide) groups is 2. The minimum absolute atomic E-state index is 0.0171. The van der Waals surface area contributed by atoms with Crippen LogP contribution >= 0.6 is 35.1 Å². The number of epoxide rings is 1. The molecule has 2 heterocycles. The monoisotopic (exact) mass is 664 g/mol. The lowest BCUT2D eigenvalue weighted by atomic mass is 9.99. The van der Waals surface area contributed by atoms with E-state index in [9.17, 15) is 19.2 Å². The Morgan fingerprint density at radius 2 is 1.49 bits per heavy atom. The van der Waals surface area contributed by atoms with Crippen LogP contribution in [0.25, 0.3) is 0 Å². The third kappa shape index (κ3) is 9.34. The van der Waals surface area contributed by atoms with Crippen molar-refractivity contribution >= 4 is 57.1 Å². The van der Waals surface area contributed by atoms with E-state index in [-0.39, 0.29) is 68.9 Å². The average molecular weight is 665 g/mol. The Morgan fingerprint density at radius 3 is 2.11 bits per heavy atom. The summed E-state index contributed by atoms with van der Waals surface area (Å²) in [5, 5.41) is -0.666. The first kappa shape index (κ1) is 32.6. The van der Waals surface area contributed by atoms with Gasteiger partial charge in [0, 0.05) is 34.3 Å². The number of hydrogen-bond acceptors (Lipinski definition) is 10. The van der Waals surface area contributed by atoms with E-state index >= 15 is 0 Å². The van der Waals surface area contributed by atoms with Crippen LogP contribution in [-0.2, 0) is 30.3 Å². The fourth-order valence-corrected chi connectivity index (χ4v) is 6.16. The minimum Gasteiger partial charge on any atom is -0.484 e. The van der Waals surface area contributed by atoms with Crippen molar-refractivity contribution in [1.29, 1.82) is 0 Å². The first-order valence-corrected chi connectivity index (χ1v) is 16.1. The van der Waals surface area contributed by atoms with Crippen molar-refractivity contribution in [3.8, 4) is 11.5 Å². The van der Waals surface area contributed by atoms with Crippen molar-refractivity contribution in [2.45, 2.75) is 47.9 Å². The van der Waals surface area contributed by atoms with Crippen molar-refractivity contribution in [1.82, 2.24) is 0 Å². The van der Waals surface area contributed by atoms with Gasteiger partial charge < -0.3 is 18.9 Å². The number of carbonyl (C=O) groups is 4. The Labute approximate surface area is 274 Å². The zero-order valence-corrected chi connectivity index (χ0v) is 26.6. The minimum atomic E-state index is -0.776. The van der Waals surface area contributed by atoms with Gasteiger partial charge in [-0.2, -0.15) is 0 Å². The van der Waals surface area contributed by atoms with E-state index in [1.54, 1.807) is 43.3 Å². The highest BCUT2D eigenvalue weighted by Gasteiger charge is 2.38. The predicted octanol–water partition coefficient (Wildman–Crippen LogP) is 6.68. The van der Waals surface area contributed by atoms with Crippen LogP contribution in [0.15, 0.2) is 101 Å². The lowest BCUT2D eigenvalue weighted by Gasteiger charge is -2.20. The van der Waals surface area contributed by atoms with E-state index in [1.807, 2.05) is 42.5 Å². The summed E-state index contributed by atoms with van der Waals surface area (Å²) in [5.74, 6) is -1.18. The standard InChI is InChI=1S/C34H29ClO8S2/c1-21-16-27-26(43-27)15-9-8-10-22(36)17-25-32(34(39)42-21)28(40-19-30(37)44-23-11-4-2-5-12-23)18-29(33(25)35)41-20-31(38)45-24-13-6-3-7-14-24/h2-15,18,21,26-27H,16-17,19-20H2,1H3/t21-,26+,27+/m1/s1. The number of fused-ring (bicyclic) bond motifs is 2. The Kier molecular flexibility index (Phi) is 11.2. The lowest BCUT2D eigenvalue weighted by molar-refractivity contribution is -0.114. The van der Waals surface area contributed by atoms with E-state index in [4.69, 9.17) is 30.5 Å². The molecule has 1 fully saturated rings.